The van der Waals surface area contributed by atoms with Crippen LogP contribution < -0.4 is 0 Å². The first-order chi connectivity index (χ1) is 9.13. The van der Waals surface area contributed by atoms with E-state index in [4.69, 9.17) is 14.9 Å². The van der Waals surface area contributed by atoms with Crippen LogP contribution in [-0.2, 0) is 9.53 Å². The quantitative estimate of drug-likeness (QED) is 0.713. The molecule has 0 aromatic rings. The largest absolute Gasteiger partial charge is 0.480 e. The number of carbonyl (C=O) groups excluding carboxylic acids is 1. The van der Waals surface area contributed by atoms with Crippen LogP contribution in [0.2, 0.25) is 0 Å². The van der Waals surface area contributed by atoms with E-state index in [0.29, 0.717) is 26.2 Å². The van der Waals surface area contributed by atoms with Crippen molar-refractivity contribution < 1.29 is 24.5 Å². The minimum atomic E-state index is -1.03. The molecule has 7 heteroatoms. The van der Waals surface area contributed by atoms with Crippen LogP contribution in [0.5, 0.6) is 0 Å². The fraction of sp³-hybridized carbons (Fsp3) is 0.833. The van der Waals surface area contributed by atoms with Gasteiger partial charge in [-0.05, 0) is 18.8 Å². The molecule has 0 radical (unpaired) electrons. The summed E-state index contributed by atoms with van der Waals surface area (Å²) in [6, 6.07) is -1.12. The number of rotatable bonds is 2. The van der Waals surface area contributed by atoms with E-state index >= 15 is 0 Å². The van der Waals surface area contributed by atoms with Gasteiger partial charge in [0.1, 0.15) is 0 Å². The zero-order chi connectivity index (χ0) is 13.8. The molecule has 0 aromatic carbocycles. The molecule has 0 saturated carbocycles. The first-order valence-electron chi connectivity index (χ1n) is 6.60. The van der Waals surface area contributed by atoms with Crippen molar-refractivity contribution in [2.45, 2.75) is 18.9 Å². The van der Waals surface area contributed by atoms with Gasteiger partial charge in [-0.15, -0.1) is 0 Å². The summed E-state index contributed by atoms with van der Waals surface area (Å²) in [5.41, 5.74) is 0. The van der Waals surface area contributed by atoms with Gasteiger partial charge in [-0.25, -0.2) is 9.59 Å². The van der Waals surface area contributed by atoms with Crippen LogP contribution in [0.1, 0.15) is 12.8 Å². The number of hydrogen-bond acceptors (Lipinski definition) is 4. The van der Waals surface area contributed by atoms with Crippen LogP contribution in [0.25, 0.3) is 0 Å². The Labute approximate surface area is 111 Å². The van der Waals surface area contributed by atoms with Crippen molar-refractivity contribution in [2.75, 3.05) is 39.5 Å². The van der Waals surface area contributed by atoms with Gasteiger partial charge in [0.05, 0.1) is 13.2 Å². The van der Waals surface area contributed by atoms with Crippen LogP contribution in [0.4, 0.5) is 4.79 Å². The van der Waals surface area contributed by atoms with Crippen molar-refractivity contribution in [1.82, 2.24) is 9.80 Å². The van der Waals surface area contributed by atoms with Crippen LogP contribution in [0.3, 0.4) is 0 Å². The van der Waals surface area contributed by atoms with Crippen molar-refractivity contribution >= 4 is 12.0 Å². The maximum absolute atomic E-state index is 12.3. The van der Waals surface area contributed by atoms with Crippen LogP contribution in [0, 0.1) is 5.92 Å². The molecule has 1 unspecified atom stereocenters. The summed E-state index contributed by atoms with van der Waals surface area (Å²) in [5, 5.41) is 18.2. The molecule has 2 amide bonds. The molecule has 2 N–H and O–H groups in total. The molecule has 0 aromatic heterocycles. The lowest BCUT2D eigenvalue weighted by Gasteiger charge is -2.39. The molecule has 1 atom stereocenters. The number of amides is 2. The summed E-state index contributed by atoms with van der Waals surface area (Å²) in [6.45, 7) is 2.05. The monoisotopic (exact) mass is 272 g/mol. The molecular weight excluding hydrogens is 252 g/mol. The topological polar surface area (TPSA) is 90.3 Å². The number of aliphatic carboxylic acids is 1. The minimum Gasteiger partial charge on any atom is -0.480 e. The van der Waals surface area contributed by atoms with Crippen molar-refractivity contribution in [2.24, 2.45) is 5.92 Å². The molecule has 2 rings (SSSR count). The number of ether oxygens (including phenoxy) is 1. The van der Waals surface area contributed by atoms with Gasteiger partial charge in [0.2, 0.25) is 0 Å². The van der Waals surface area contributed by atoms with E-state index in [1.807, 2.05) is 0 Å². The predicted octanol–water partition coefficient (Wildman–Crippen LogP) is -0.404. The summed E-state index contributed by atoms with van der Waals surface area (Å²) in [6.07, 6.45) is 1.54. The Balaban J connectivity index is 1.96. The number of carboxylic acids is 1. The summed E-state index contributed by atoms with van der Waals surface area (Å²) >= 11 is 0. The Morgan fingerprint density at radius 3 is 2.47 bits per heavy atom. The van der Waals surface area contributed by atoms with E-state index in [1.165, 1.54) is 4.90 Å². The smallest absolute Gasteiger partial charge is 0.328 e. The lowest BCUT2D eigenvalue weighted by molar-refractivity contribution is -0.147. The fourth-order valence-corrected chi connectivity index (χ4v) is 2.53. The van der Waals surface area contributed by atoms with E-state index in [-0.39, 0.29) is 25.2 Å². The Morgan fingerprint density at radius 1 is 1.21 bits per heavy atom. The van der Waals surface area contributed by atoms with Gasteiger partial charge < -0.3 is 24.7 Å². The zero-order valence-corrected chi connectivity index (χ0v) is 10.8. The van der Waals surface area contributed by atoms with Crippen LogP contribution in [0.15, 0.2) is 0 Å². The third kappa shape index (κ3) is 3.16. The number of hydrogen-bond donors (Lipinski definition) is 2. The van der Waals surface area contributed by atoms with E-state index in [1.54, 1.807) is 4.90 Å². The molecule has 0 bridgehead atoms. The molecule has 2 aliphatic heterocycles. The second-order valence-electron chi connectivity index (χ2n) is 5.02. The van der Waals surface area contributed by atoms with Crippen molar-refractivity contribution in [3.63, 3.8) is 0 Å². The van der Waals surface area contributed by atoms with E-state index in [9.17, 15) is 9.59 Å². The Morgan fingerprint density at radius 2 is 1.89 bits per heavy atom. The number of urea groups is 1. The number of piperidine rings is 1. The number of nitrogens with zero attached hydrogens (tertiary/aromatic N) is 2. The van der Waals surface area contributed by atoms with E-state index in [2.05, 4.69) is 0 Å². The van der Waals surface area contributed by atoms with Gasteiger partial charge in [0, 0.05) is 26.2 Å². The molecule has 2 aliphatic rings. The van der Waals surface area contributed by atoms with Gasteiger partial charge in [-0.3, -0.25) is 0 Å². The fourth-order valence-electron chi connectivity index (χ4n) is 2.53. The zero-order valence-electron chi connectivity index (χ0n) is 10.8. The molecule has 7 nitrogen and oxygen atoms in total. The van der Waals surface area contributed by atoms with Crippen molar-refractivity contribution in [3.8, 4) is 0 Å². The third-order valence-corrected chi connectivity index (χ3v) is 3.80. The minimum absolute atomic E-state index is 0.0498. The van der Waals surface area contributed by atoms with Crippen LogP contribution >= 0.6 is 0 Å². The Hall–Kier alpha value is -1.34. The Bertz CT molecular complexity index is 341. The first-order valence-corrected chi connectivity index (χ1v) is 6.60. The summed E-state index contributed by atoms with van der Waals surface area (Å²) in [7, 11) is 0. The highest BCUT2D eigenvalue weighted by Gasteiger charge is 2.36. The van der Waals surface area contributed by atoms with E-state index in [0.717, 1.165) is 12.8 Å². The molecule has 2 saturated heterocycles. The normalized spacial score (nSPS) is 25.4. The van der Waals surface area contributed by atoms with Crippen LogP contribution in [-0.4, -0.2) is 77.5 Å². The standard InChI is InChI=1S/C12H20N2O5/c15-7-9-1-3-13(4-2-9)12(18)14-5-6-19-8-10(14)11(16)17/h9-10,15H,1-8H2,(H,16,17). The average Bonchev–Trinajstić information content (AvgIpc) is 2.46. The second kappa shape index (κ2) is 6.21. The molecule has 19 heavy (non-hydrogen) atoms. The highest BCUT2D eigenvalue weighted by atomic mass is 16.5. The maximum Gasteiger partial charge on any atom is 0.328 e. The van der Waals surface area contributed by atoms with Gasteiger partial charge in [0.15, 0.2) is 6.04 Å². The van der Waals surface area contributed by atoms with Gasteiger partial charge in [-0.2, -0.15) is 0 Å². The molecule has 0 spiro atoms. The lowest BCUT2D eigenvalue weighted by Crippen LogP contribution is -2.57. The molecule has 2 heterocycles. The molecular formula is C12H20N2O5. The summed E-state index contributed by atoms with van der Waals surface area (Å²) in [5.74, 6) is -0.776. The number of likely N-dealkylation sites (tertiary alicyclic amines) is 1. The average molecular weight is 272 g/mol. The number of aliphatic hydroxyl groups excluding tert-OH is 1. The molecule has 2 fully saturated rings. The van der Waals surface area contributed by atoms with Gasteiger partial charge >= 0.3 is 12.0 Å². The second-order valence-corrected chi connectivity index (χ2v) is 5.02. The van der Waals surface area contributed by atoms with Gasteiger partial charge in [-0.1, -0.05) is 0 Å². The highest BCUT2D eigenvalue weighted by molar-refractivity contribution is 5.83. The molecule has 0 aliphatic carbocycles. The Kier molecular flexibility index (Phi) is 4.60. The summed E-state index contributed by atoms with van der Waals surface area (Å²) in [4.78, 5) is 26.5. The lowest BCUT2D eigenvalue weighted by atomic mass is 9.98. The summed E-state index contributed by atoms with van der Waals surface area (Å²) < 4.78 is 5.12. The number of carboxylic acid groups (broad SMARTS) is 1. The predicted molar refractivity (Wildman–Crippen MR) is 65.7 cm³/mol. The maximum atomic E-state index is 12.3. The van der Waals surface area contributed by atoms with Crippen molar-refractivity contribution in [1.29, 1.82) is 0 Å². The third-order valence-electron chi connectivity index (χ3n) is 3.80. The van der Waals surface area contributed by atoms with Crippen molar-refractivity contribution in [3.05, 3.63) is 0 Å². The highest BCUT2D eigenvalue weighted by Crippen LogP contribution is 2.19. The molecule has 108 valence electrons. The van der Waals surface area contributed by atoms with E-state index < -0.39 is 12.0 Å². The first kappa shape index (κ1) is 14.1. The van der Waals surface area contributed by atoms with Gasteiger partial charge in [0.25, 0.3) is 0 Å². The number of morpholine rings is 1. The SMILES string of the molecule is O=C(O)C1COCCN1C(=O)N1CCC(CO)CC1. The number of carbonyl (C=O) groups is 2. The number of aliphatic hydroxyl groups is 1.